The van der Waals surface area contributed by atoms with E-state index in [4.69, 9.17) is 23.2 Å². The maximum absolute atomic E-state index is 12.8. The second kappa shape index (κ2) is 4.60. The fourth-order valence-electron chi connectivity index (χ4n) is 1.73. The van der Waals surface area contributed by atoms with Crippen LogP contribution < -0.4 is 0 Å². The third kappa shape index (κ3) is 2.47. The van der Waals surface area contributed by atoms with Crippen LogP contribution in [0.15, 0.2) is 18.2 Å². The Balaban J connectivity index is 2.12. The number of benzene rings is 1. The van der Waals surface area contributed by atoms with E-state index in [1.54, 1.807) is 11.0 Å². The zero-order valence-electron chi connectivity index (χ0n) is 8.42. The zero-order chi connectivity index (χ0) is 11.7. The highest BCUT2D eigenvalue weighted by Gasteiger charge is 2.28. The average Bonchev–Trinajstić information content (AvgIpc) is 2.50. The van der Waals surface area contributed by atoms with E-state index in [0.717, 1.165) is 5.56 Å². The SMILES string of the molecule is O=C1CC(Cl)CN1Cc1ccc(F)cc1Cl. The van der Waals surface area contributed by atoms with E-state index >= 15 is 0 Å². The molecule has 1 unspecified atom stereocenters. The normalized spacial score (nSPS) is 20.6. The largest absolute Gasteiger partial charge is 0.337 e. The first-order valence-electron chi connectivity index (χ1n) is 4.92. The van der Waals surface area contributed by atoms with Gasteiger partial charge in [0.25, 0.3) is 0 Å². The minimum Gasteiger partial charge on any atom is -0.337 e. The van der Waals surface area contributed by atoms with Gasteiger partial charge in [-0.25, -0.2) is 4.39 Å². The molecular weight excluding hydrogens is 252 g/mol. The number of carbonyl (C=O) groups excluding carboxylic acids is 1. The van der Waals surface area contributed by atoms with Gasteiger partial charge in [-0.2, -0.15) is 0 Å². The molecule has 2 nitrogen and oxygen atoms in total. The Hall–Kier alpha value is -0.800. The Morgan fingerprint density at radius 1 is 1.50 bits per heavy atom. The Bertz CT molecular complexity index is 424. The fraction of sp³-hybridized carbons (Fsp3) is 0.364. The van der Waals surface area contributed by atoms with Crippen LogP contribution in [0.1, 0.15) is 12.0 Å². The number of rotatable bonds is 2. The van der Waals surface area contributed by atoms with Crippen LogP contribution in [-0.4, -0.2) is 22.7 Å². The second-order valence-electron chi connectivity index (χ2n) is 3.81. The zero-order valence-corrected chi connectivity index (χ0v) is 9.93. The van der Waals surface area contributed by atoms with Crippen molar-refractivity contribution in [2.75, 3.05) is 6.54 Å². The molecule has 1 aromatic rings. The van der Waals surface area contributed by atoms with E-state index in [1.165, 1.54) is 12.1 Å². The number of hydrogen-bond acceptors (Lipinski definition) is 1. The number of halogens is 3. The second-order valence-corrected chi connectivity index (χ2v) is 4.84. The number of nitrogens with zero attached hydrogens (tertiary/aromatic N) is 1. The Kier molecular flexibility index (Phi) is 3.36. The molecule has 1 amide bonds. The molecule has 0 aliphatic carbocycles. The summed E-state index contributed by atoms with van der Waals surface area (Å²) >= 11 is 11.8. The lowest BCUT2D eigenvalue weighted by Crippen LogP contribution is -2.24. The van der Waals surface area contributed by atoms with E-state index in [0.29, 0.717) is 24.5 Å². The summed E-state index contributed by atoms with van der Waals surface area (Å²) in [6.07, 6.45) is 0.361. The van der Waals surface area contributed by atoms with Crippen LogP contribution in [0.25, 0.3) is 0 Å². The van der Waals surface area contributed by atoms with Gasteiger partial charge in [-0.1, -0.05) is 17.7 Å². The summed E-state index contributed by atoms with van der Waals surface area (Å²) < 4.78 is 12.8. The van der Waals surface area contributed by atoms with Crippen molar-refractivity contribution >= 4 is 29.1 Å². The van der Waals surface area contributed by atoms with Crippen LogP contribution in [0.3, 0.4) is 0 Å². The molecule has 1 heterocycles. The van der Waals surface area contributed by atoms with Crippen molar-refractivity contribution in [1.29, 1.82) is 0 Å². The standard InChI is InChI=1S/C11H10Cl2FNO/c12-8-3-11(16)15(6-8)5-7-1-2-9(14)4-10(7)13/h1-2,4,8H,3,5-6H2. The first kappa shape index (κ1) is 11.7. The molecule has 1 atom stereocenters. The summed E-state index contributed by atoms with van der Waals surface area (Å²) in [5.41, 5.74) is 0.738. The third-order valence-corrected chi connectivity index (χ3v) is 3.19. The predicted octanol–water partition coefficient (Wildman–Crippen LogP) is 2.82. The summed E-state index contributed by atoms with van der Waals surface area (Å²) in [6.45, 7) is 0.912. The monoisotopic (exact) mass is 261 g/mol. The Labute approximate surface area is 103 Å². The molecule has 0 aromatic heterocycles. The van der Waals surface area contributed by atoms with Crippen LogP contribution >= 0.6 is 23.2 Å². The van der Waals surface area contributed by atoms with Crippen molar-refractivity contribution in [3.63, 3.8) is 0 Å². The van der Waals surface area contributed by atoms with E-state index < -0.39 is 0 Å². The van der Waals surface area contributed by atoms with Crippen LogP contribution in [-0.2, 0) is 11.3 Å². The van der Waals surface area contributed by atoms with Crippen molar-refractivity contribution in [1.82, 2.24) is 4.90 Å². The minimum atomic E-state index is -0.378. The molecule has 0 radical (unpaired) electrons. The number of likely N-dealkylation sites (tertiary alicyclic amines) is 1. The van der Waals surface area contributed by atoms with Gasteiger partial charge in [0.15, 0.2) is 0 Å². The van der Waals surface area contributed by atoms with Crippen molar-refractivity contribution < 1.29 is 9.18 Å². The van der Waals surface area contributed by atoms with E-state index in [-0.39, 0.29) is 17.1 Å². The molecule has 0 spiro atoms. The van der Waals surface area contributed by atoms with E-state index in [9.17, 15) is 9.18 Å². The summed E-state index contributed by atoms with van der Waals surface area (Å²) in [5.74, 6) is -0.364. The van der Waals surface area contributed by atoms with Gasteiger partial charge in [-0.3, -0.25) is 4.79 Å². The summed E-state index contributed by atoms with van der Waals surface area (Å²) in [7, 11) is 0. The maximum Gasteiger partial charge on any atom is 0.224 e. The lowest BCUT2D eigenvalue weighted by molar-refractivity contribution is -0.128. The van der Waals surface area contributed by atoms with Crippen molar-refractivity contribution in [3.05, 3.63) is 34.6 Å². The van der Waals surface area contributed by atoms with Crippen molar-refractivity contribution in [2.24, 2.45) is 0 Å². The smallest absolute Gasteiger partial charge is 0.224 e. The summed E-state index contributed by atoms with van der Waals surface area (Å²) in [4.78, 5) is 13.1. The molecule has 0 saturated carbocycles. The molecule has 0 bridgehead atoms. The number of carbonyl (C=O) groups is 1. The van der Waals surface area contributed by atoms with Gasteiger partial charge in [0.05, 0.1) is 5.38 Å². The molecule has 1 fully saturated rings. The molecule has 5 heteroatoms. The highest BCUT2D eigenvalue weighted by molar-refractivity contribution is 6.31. The van der Waals surface area contributed by atoms with Gasteiger partial charge in [-0.05, 0) is 17.7 Å². The highest BCUT2D eigenvalue weighted by Crippen LogP contribution is 2.23. The van der Waals surface area contributed by atoms with Gasteiger partial charge in [-0.15, -0.1) is 11.6 Å². The van der Waals surface area contributed by atoms with Crippen molar-refractivity contribution in [2.45, 2.75) is 18.3 Å². The highest BCUT2D eigenvalue weighted by atomic mass is 35.5. The molecular formula is C11H10Cl2FNO. The van der Waals surface area contributed by atoms with Gasteiger partial charge >= 0.3 is 0 Å². The molecule has 86 valence electrons. The Morgan fingerprint density at radius 2 is 2.25 bits per heavy atom. The number of amides is 1. The van der Waals surface area contributed by atoms with E-state index in [2.05, 4.69) is 0 Å². The van der Waals surface area contributed by atoms with E-state index in [1.807, 2.05) is 0 Å². The average molecular weight is 262 g/mol. The lowest BCUT2D eigenvalue weighted by Gasteiger charge is -2.16. The molecule has 0 N–H and O–H groups in total. The topological polar surface area (TPSA) is 20.3 Å². The summed E-state index contributed by atoms with van der Waals surface area (Å²) in [5, 5.41) is 0.206. The van der Waals surface area contributed by atoms with Crippen LogP contribution in [0.5, 0.6) is 0 Å². The first-order chi connectivity index (χ1) is 7.56. The molecule has 2 rings (SSSR count). The molecule has 1 aliphatic rings. The minimum absolute atomic E-state index is 0.0143. The van der Waals surface area contributed by atoms with Gasteiger partial charge < -0.3 is 4.90 Å². The molecule has 1 aromatic carbocycles. The van der Waals surface area contributed by atoms with Crippen LogP contribution in [0.4, 0.5) is 4.39 Å². The van der Waals surface area contributed by atoms with Crippen LogP contribution in [0, 0.1) is 5.82 Å². The first-order valence-corrected chi connectivity index (χ1v) is 5.73. The fourth-order valence-corrected chi connectivity index (χ4v) is 2.26. The van der Waals surface area contributed by atoms with Gasteiger partial charge in [0.1, 0.15) is 5.82 Å². The number of hydrogen-bond donors (Lipinski definition) is 0. The quantitative estimate of drug-likeness (QED) is 0.750. The third-order valence-electron chi connectivity index (χ3n) is 2.54. The summed E-state index contributed by atoms with van der Waals surface area (Å²) in [6, 6.07) is 4.17. The Morgan fingerprint density at radius 3 is 2.81 bits per heavy atom. The maximum atomic E-state index is 12.8. The molecule has 1 aliphatic heterocycles. The van der Waals surface area contributed by atoms with Crippen LogP contribution in [0.2, 0.25) is 5.02 Å². The number of alkyl halides is 1. The molecule has 16 heavy (non-hydrogen) atoms. The van der Waals surface area contributed by atoms with Gasteiger partial charge in [0, 0.05) is 24.5 Å². The predicted molar refractivity (Wildman–Crippen MR) is 61.1 cm³/mol. The molecule has 1 saturated heterocycles. The lowest BCUT2D eigenvalue weighted by atomic mass is 10.2. The van der Waals surface area contributed by atoms with Gasteiger partial charge in [0.2, 0.25) is 5.91 Å². The van der Waals surface area contributed by atoms with Crippen molar-refractivity contribution in [3.8, 4) is 0 Å².